The van der Waals surface area contributed by atoms with Crippen molar-refractivity contribution in [3.8, 4) is 0 Å². The maximum Gasteiger partial charge on any atom is 0.472 e. The number of aliphatic hydroxyl groups is 1. The minimum absolute atomic E-state index is 0.105. The Balaban J connectivity index is 5.25. The molecule has 99 heavy (non-hydrogen) atoms. The molecular weight excluding hydrogens is 1290 g/mol. The second-order valence-electron chi connectivity index (χ2n) is 30.2. The first kappa shape index (κ1) is 97.1. The van der Waals surface area contributed by atoms with E-state index in [1.165, 1.54) is 205 Å². The van der Waals surface area contributed by atoms with Gasteiger partial charge in [0.25, 0.3) is 0 Å². The van der Waals surface area contributed by atoms with E-state index in [-0.39, 0.29) is 25.7 Å². The molecule has 0 fully saturated rings. The third kappa shape index (κ3) is 71.5. The number of phosphoric ester groups is 2. The van der Waals surface area contributed by atoms with Crippen molar-refractivity contribution in [1.82, 2.24) is 0 Å². The van der Waals surface area contributed by atoms with Gasteiger partial charge >= 0.3 is 39.5 Å². The Morgan fingerprint density at radius 3 is 0.717 bits per heavy atom. The zero-order valence-corrected chi connectivity index (χ0v) is 66.9. The summed E-state index contributed by atoms with van der Waals surface area (Å²) in [5, 5.41) is 10.6. The maximum absolute atomic E-state index is 13.1. The number of rotatable bonds is 77. The van der Waals surface area contributed by atoms with E-state index in [1.54, 1.807) is 0 Å². The van der Waals surface area contributed by atoms with E-state index in [2.05, 4.69) is 55.4 Å². The summed E-state index contributed by atoms with van der Waals surface area (Å²) in [7, 11) is -9.92. The van der Waals surface area contributed by atoms with Crippen molar-refractivity contribution in [1.29, 1.82) is 0 Å². The molecule has 0 aliphatic heterocycles. The van der Waals surface area contributed by atoms with Gasteiger partial charge in [0.1, 0.15) is 19.3 Å². The van der Waals surface area contributed by atoms with E-state index >= 15 is 0 Å². The standard InChI is InChI=1S/C80H156O17P2/c1-9-72(7)58-50-42-34-28-24-25-31-37-47-55-63-80(85)97-76(67-91-78(83)61-53-45-39-38-43-51-59-73(8)10-2)69-95-99(88,89)93-65-74(81)64-92-98(86,87)94-68-75(66-90-77(82)60-52-44-35-29-22-19-15-17-21-27-33-41-49-57-71(5)6)96-79(84)62-54-46-36-30-23-18-14-12-11-13-16-20-26-32-40-48-56-70(3)4/h70-76,81H,9-69H2,1-8H3,(H,86,87)(H,88,89)/t72?,73?,74-,75-,76-/m1/s1. The fourth-order valence-electron chi connectivity index (χ4n) is 12.2. The molecule has 0 aromatic heterocycles. The topological polar surface area (TPSA) is 237 Å². The summed E-state index contributed by atoms with van der Waals surface area (Å²) < 4.78 is 68.7. The molecule has 0 aliphatic rings. The Labute approximate surface area is 607 Å². The molecule has 7 atom stereocenters. The molecule has 0 amide bonds. The lowest BCUT2D eigenvalue weighted by Crippen LogP contribution is -2.30. The van der Waals surface area contributed by atoms with Crippen LogP contribution in [-0.4, -0.2) is 96.7 Å². The van der Waals surface area contributed by atoms with Crippen LogP contribution in [0.1, 0.15) is 409 Å². The monoisotopic (exact) mass is 1450 g/mol. The minimum Gasteiger partial charge on any atom is -0.462 e. The van der Waals surface area contributed by atoms with Crippen LogP contribution < -0.4 is 0 Å². The molecule has 588 valence electrons. The van der Waals surface area contributed by atoms with Crippen molar-refractivity contribution in [3.05, 3.63) is 0 Å². The third-order valence-corrected chi connectivity index (χ3v) is 21.2. The van der Waals surface area contributed by atoms with E-state index in [9.17, 15) is 43.2 Å². The molecule has 0 rings (SSSR count). The van der Waals surface area contributed by atoms with E-state index in [0.717, 1.165) is 120 Å². The number of hydrogen-bond acceptors (Lipinski definition) is 15. The SMILES string of the molecule is CCC(C)CCCCCCCCCCCCC(=O)O[C@H](COC(=O)CCCCCCCCC(C)CC)COP(=O)(O)OC[C@H](O)COP(=O)(O)OC[C@@H](COC(=O)CCCCCCCCCCCCCCCC(C)C)OC(=O)CCCCCCCCCCCCCCCCCCC(C)C. The molecule has 0 heterocycles. The molecule has 17 nitrogen and oxygen atoms in total. The molecule has 0 aliphatic carbocycles. The molecule has 0 aromatic carbocycles. The second kappa shape index (κ2) is 69.1. The summed E-state index contributed by atoms with van der Waals surface area (Å²) in [5.74, 6) is 1.02. The van der Waals surface area contributed by atoms with Crippen molar-refractivity contribution in [2.75, 3.05) is 39.6 Å². The van der Waals surface area contributed by atoms with Gasteiger partial charge < -0.3 is 33.8 Å². The molecule has 0 bridgehead atoms. The Bertz CT molecular complexity index is 1940. The molecular formula is C80H156O17P2. The van der Waals surface area contributed by atoms with Crippen LogP contribution in [0.4, 0.5) is 0 Å². The maximum atomic E-state index is 13.1. The van der Waals surface area contributed by atoms with Crippen LogP contribution in [0.3, 0.4) is 0 Å². The number of aliphatic hydroxyl groups excluding tert-OH is 1. The van der Waals surface area contributed by atoms with Crippen molar-refractivity contribution in [3.63, 3.8) is 0 Å². The summed E-state index contributed by atoms with van der Waals surface area (Å²) in [4.78, 5) is 73.0. The first-order valence-electron chi connectivity index (χ1n) is 41.3. The lowest BCUT2D eigenvalue weighted by atomic mass is 9.99. The lowest BCUT2D eigenvalue weighted by molar-refractivity contribution is -0.161. The van der Waals surface area contributed by atoms with Gasteiger partial charge in [-0.1, -0.05) is 357 Å². The Hall–Kier alpha value is -1.94. The molecule has 0 saturated carbocycles. The van der Waals surface area contributed by atoms with Gasteiger partial charge in [0.05, 0.1) is 26.4 Å². The van der Waals surface area contributed by atoms with E-state index in [4.69, 9.17) is 37.0 Å². The van der Waals surface area contributed by atoms with Gasteiger partial charge in [-0.3, -0.25) is 37.3 Å². The average molecular weight is 1450 g/mol. The van der Waals surface area contributed by atoms with Crippen molar-refractivity contribution < 1.29 is 80.2 Å². The molecule has 0 saturated heterocycles. The van der Waals surface area contributed by atoms with Crippen molar-refractivity contribution in [2.24, 2.45) is 23.7 Å². The van der Waals surface area contributed by atoms with Crippen LogP contribution in [0.5, 0.6) is 0 Å². The predicted octanol–water partition coefficient (Wildman–Crippen LogP) is 23.6. The molecule has 0 spiro atoms. The number of esters is 4. The summed E-state index contributed by atoms with van der Waals surface area (Å²) in [6, 6.07) is 0. The zero-order chi connectivity index (χ0) is 73.1. The normalized spacial score (nSPS) is 14.6. The van der Waals surface area contributed by atoms with Crippen LogP contribution in [0.15, 0.2) is 0 Å². The lowest BCUT2D eigenvalue weighted by Gasteiger charge is -2.21. The Kier molecular flexibility index (Phi) is 67.8. The fraction of sp³-hybridized carbons (Fsp3) is 0.950. The quantitative estimate of drug-likeness (QED) is 0.0222. The van der Waals surface area contributed by atoms with Crippen molar-refractivity contribution in [2.45, 2.75) is 427 Å². The van der Waals surface area contributed by atoms with E-state index in [1.807, 2.05) is 0 Å². The first-order chi connectivity index (χ1) is 47.7. The number of carbonyl (C=O) groups is 4. The van der Waals surface area contributed by atoms with Crippen LogP contribution in [0, 0.1) is 23.7 Å². The van der Waals surface area contributed by atoms with Gasteiger partial charge in [0.15, 0.2) is 12.2 Å². The van der Waals surface area contributed by atoms with Gasteiger partial charge in [-0.25, -0.2) is 9.13 Å². The second-order valence-corrected chi connectivity index (χ2v) is 33.1. The number of phosphoric acid groups is 2. The largest absolute Gasteiger partial charge is 0.472 e. The van der Waals surface area contributed by atoms with Crippen molar-refractivity contribution >= 4 is 39.5 Å². The minimum atomic E-state index is -4.96. The van der Waals surface area contributed by atoms with E-state index < -0.39 is 97.5 Å². The van der Waals surface area contributed by atoms with E-state index in [0.29, 0.717) is 25.7 Å². The van der Waals surface area contributed by atoms with Gasteiger partial charge in [0.2, 0.25) is 0 Å². The highest BCUT2D eigenvalue weighted by atomic mass is 31.2. The van der Waals surface area contributed by atoms with Crippen LogP contribution in [0.2, 0.25) is 0 Å². The number of unbranched alkanes of at least 4 members (excludes halogenated alkanes) is 41. The number of hydrogen-bond donors (Lipinski definition) is 3. The summed E-state index contributed by atoms with van der Waals surface area (Å²) in [6.45, 7) is 14.3. The Morgan fingerprint density at radius 2 is 0.485 bits per heavy atom. The van der Waals surface area contributed by atoms with Gasteiger partial charge in [-0.05, 0) is 49.4 Å². The molecule has 0 radical (unpaired) electrons. The number of ether oxygens (including phenoxy) is 4. The van der Waals surface area contributed by atoms with Gasteiger partial charge in [-0.2, -0.15) is 0 Å². The highest BCUT2D eigenvalue weighted by molar-refractivity contribution is 7.47. The summed E-state index contributed by atoms with van der Waals surface area (Å²) in [5.41, 5.74) is 0. The van der Waals surface area contributed by atoms with Gasteiger partial charge in [0, 0.05) is 25.7 Å². The predicted molar refractivity (Wildman–Crippen MR) is 404 cm³/mol. The Morgan fingerprint density at radius 1 is 0.283 bits per heavy atom. The van der Waals surface area contributed by atoms with Crippen LogP contribution >= 0.6 is 15.6 Å². The zero-order valence-electron chi connectivity index (χ0n) is 65.1. The molecule has 19 heteroatoms. The highest BCUT2D eigenvalue weighted by Gasteiger charge is 2.30. The average Bonchev–Trinajstić information content (AvgIpc) is 0.998. The fourth-order valence-corrected chi connectivity index (χ4v) is 13.8. The molecule has 3 N–H and O–H groups in total. The summed E-state index contributed by atoms with van der Waals surface area (Å²) >= 11 is 0. The molecule has 4 unspecified atom stereocenters. The smallest absolute Gasteiger partial charge is 0.462 e. The van der Waals surface area contributed by atoms with Crippen LogP contribution in [-0.2, 0) is 65.4 Å². The highest BCUT2D eigenvalue weighted by Crippen LogP contribution is 2.45. The number of carbonyl (C=O) groups excluding carboxylic acids is 4. The third-order valence-electron chi connectivity index (χ3n) is 19.3. The van der Waals surface area contributed by atoms with Gasteiger partial charge in [-0.15, -0.1) is 0 Å². The molecule has 0 aromatic rings. The van der Waals surface area contributed by atoms with Crippen LogP contribution in [0.25, 0.3) is 0 Å². The first-order valence-corrected chi connectivity index (χ1v) is 44.3. The summed E-state index contributed by atoms with van der Waals surface area (Å²) in [6.07, 6.45) is 55.4.